The van der Waals surface area contributed by atoms with Crippen molar-refractivity contribution in [3.8, 4) is 0 Å². The van der Waals surface area contributed by atoms with Gasteiger partial charge in [0.15, 0.2) is 5.82 Å². The van der Waals surface area contributed by atoms with Crippen molar-refractivity contribution < 1.29 is 13.2 Å². The molecule has 0 saturated carbocycles. The molecule has 2 aromatic rings. The number of hydrogen-bond donors (Lipinski definition) is 1. The van der Waals surface area contributed by atoms with E-state index in [2.05, 4.69) is 15.5 Å². The zero-order chi connectivity index (χ0) is 16.3. The number of nitrogens with zero attached hydrogens (tertiary/aromatic N) is 2. The molecule has 0 amide bonds. The third-order valence-corrected chi connectivity index (χ3v) is 3.47. The predicted octanol–water partition coefficient (Wildman–Crippen LogP) is 5.51. The Morgan fingerprint density at radius 2 is 1.68 bits per heavy atom. The summed E-state index contributed by atoms with van der Waals surface area (Å²) in [7, 11) is 0. The minimum atomic E-state index is -4.37. The van der Waals surface area contributed by atoms with E-state index < -0.39 is 11.7 Å². The normalized spacial score (nSPS) is 11.9. The third kappa shape index (κ3) is 4.25. The van der Waals surface area contributed by atoms with Crippen molar-refractivity contribution in [3.63, 3.8) is 0 Å². The van der Waals surface area contributed by atoms with Crippen LogP contribution in [0, 0.1) is 0 Å². The van der Waals surface area contributed by atoms with E-state index in [9.17, 15) is 13.2 Å². The van der Waals surface area contributed by atoms with Crippen molar-refractivity contribution in [2.75, 3.05) is 5.43 Å². The van der Waals surface area contributed by atoms with Gasteiger partial charge < -0.3 is 0 Å². The molecule has 0 spiro atoms. The third-order valence-electron chi connectivity index (χ3n) is 2.51. The molecule has 116 valence electrons. The molecule has 1 aromatic heterocycles. The lowest BCUT2D eigenvalue weighted by Gasteiger charge is -2.06. The van der Waals surface area contributed by atoms with E-state index in [1.165, 1.54) is 24.4 Å². The van der Waals surface area contributed by atoms with E-state index >= 15 is 0 Å². The van der Waals surface area contributed by atoms with Gasteiger partial charge in [0.2, 0.25) is 0 Å². The molecule has 3 nitrogen and oxygen atoms in total. The fraction of sp³-hybridized carbons (Fsp3) is 0.0769. The van der Waals surface area contributed by atoms with Crippen LogP contribution in [0.3, 0.4) is 0 Å². The molecule has 0 fully saturated rings. The molecule has 0 aliphatic heterocycles. The highest BCUT2D eigenvalue weighted by Crippen LogP contribution is 2.29. The summed E-state index contributed by atoms with van der Waals surface area (Å²) >= 11 is 17.4. The fourth-order valence-electron chi connectivity index (χ4n) is 1.45. The first kappa shape index (κ1) is 16.9. The lowest BCUT2D eigenvalue weighted by Crippen LogP contribution is -2.04. The van der Waals surface area contributed by atoms with Gasteiger partial charge in [-0.2, -0.15) is 18.3 Å². The van der Waals surface area contributed by atoms with Crippen molar-refractivity contribution >= 4 is 46.8 Å². The van der Waals surface area contributed by atoms with Gasteiger partial charge in [0.25, 0.3) is 0 Å². The molecule has 0 aliphatic carbocycles. The van der Waals surface area contributed by atoms with Crippen LogP contribution in [0.2, 0.25) is 15.2 Å². The Kier molecular flexibility index (Phi) is 5.16. The average molecular weight is 369 g/mol. The number of hydrazone groups is 1. The van der Waals surface area contributed by atoms with E-state index in [4.69, 9.17) is 34.8 Å². The number of aromatic nitrogens is 1. The Morgan fingerprint density at radius 1 is 1.05 bits per heavy atom. The van der Waals surface area contributed by atoms with Crippen LogP contribution < -0.4 is 5.43 Å². The highest BCUT2D eigenvalue weighted by molar-refractivity contribution is 6.42. The second-order valence-corrected chi connectivity index (χ2v) is 5.25. The van der Waals surface area contributed by atoms with Gasteiger partial charge >= 0.3 is 6.18 Å². The van der Waals surface area contributed by atoms with E-state index in [0.29, 0.717) is 5.56 Å². The Morgan fingerprint density at radius 3 is 2.27 bits per heavy atom. The van der Waals surface area contributed by atoms with Gasteiger partial charge in [-0.25, -0.2) is 4.98 Å². The Labute approximate surface area is 138 Å². The number of halogens is 6. The van der Waals surface area contributed by atoms with Gasteiger partial charge in [-0.1, -0.05) is 46.9 Å². The van der Waals surface area contributed by atoms with Gasteiger partial charge in [-0.15, -0.1) is 0 Å². The van der Waals surface area contributed by atoms with Crippen LogP contribution in [0.4, 0.5) is 19.0 Å². The molecule has 0 radical (unpaired) electrons. The quantitative estimate of drug-likeness (QED) is 0.441. The van der Waals surface area contributed by atoms with Crippen LogP contribution in [-0.4, -0.2) is 11.2 Å². The summed E-state index contributed by atoms with van der Waals surface area (Å²) in [6.45, 7) is 0. The average Bonchev–Trinajstić information content (AvgIpc) is 2.44. The minimum Gasteiger partial charge on any atom is -0.260 e. The zero-order valence-electron chi connectivity index (χ0n) is 10.6. The van der Waals surface area contributed by atoms with Gasteiger partial charge in [-0.3, -0.25) is 5.43 Å². The number of benzene rings is 1. The summed E-state index contributed by atoms with van der Waals surface area (Å²) in [5.41, 5.74) is 2.27. The molecule has 0 atom stereocenters. The SMILES string of the molecule is FC(F)(F)c1ccc(C=NNc2nc(Cl)c(Cl)cc2Cl)cc1. The molecular formula is C13H7Cl3F3N3. The molecule has 0 aliphatic rings. The lowest BCUT2D eigenvalue weighted by molar-refractivity contribution is -0.137. The number of anilines is 1. The first-order valence-electron chi connectivity index (χ1n) is 5.75. The standard InChI is InChI=1S/C13H7Cl3F3N3/c14-9-5-10(15)12(21-11(9)16)22-20-6-7-1-3-8(4-2-7)13(17,18)19/h1-6H,(H,21,22). The predicted molar refractivity (Wildman–Crippen MR) is 81.9 cm³/mol. The van der Waals surface area contributed by atoms with Gasteiger partial charge in [0, 0.05) is 0 Å². The van der Waals surface area contributed by atoms with Crippen molar-refractivity contribution in [2.45, 2.75) is 6.18 Å². The van der Waals surface area contributed by atoms with Crippen LogP contribution >= 0.6 is 34.8 Å². The van der Waals surface area contributed by atoms with E-state index in [-0.39, 0.29) is 21.0 Å². The van der Waals surface area contributed by atoms with Gasteiger partial charge in [-0.05, 0) is 23.8 Å². The van der Waals surface area contributed by atoms with Crippen LogP contribution in [-0.2, 0) is 6.18 Å². The number of pyridine rings is 1. The summed E-state index contributed by atoms with van der Waals surface area (Å²) in [5, 5.41) is 4.29. The van der Waals surface area contributed by atoms with Gasteiger partial charge in [0.05, 0.1) is 21.8 Å². The number of rotatable bonds is 3. The van der Waals surface area contributed by atoms with Crippen LogP contribution in [0.25, 0.3) is 0 Å². The molecule has 1 aromatic carbocycles. The first-order valence-corrected chi connectivity index (χ1v) is 6.88. The molecule has 0 saturated heterocycles. The monoisotopic (exact) mass is 367 g/mol. The van der Waals surface area contributed by atoms with Crippen molar-refractivity contribution in [2.24, 2.45) is 5.10 Å². The van der Waals surface area contributed by atoms with E-state index in [1.807, 2.05) is 0 Å². The molecule has 1 N–H and O–H groups in total. The van der Waals surface area contributed by atoms with Crippen LogP contribution in [0.15, 0.2) is 35.4 Å². The first-order chi connectivity index (χ1) is 10.3. The second kappa shape index (κ2) is 6.73. The van der Waals surface area contributed by atoms with Gasteiger partial charge in [0.1, 0.15) is 5.15 Å². The molecule has 22 heavy (non-hydrogen) atoms. The van der Waals surface area contributed by atoms with Crippen LogP contribution in [0.5, 0.6) is 0 Å². The van der Waals surface area contributed by atoms with Crippen molar-refractivity contribution in [1.29, 1.82) is 0 Å². The molecule has 0 unspecified atom stereocenters. The van der Waals surface area contributed by atoms with Crippen molar-refractivity contribution in [1.82, 2.24) is 4.98 Å². The molecular weight excluding hydrogens is 362 g/mol. The molecule has 9 heteroatoms. The zero-order valence-corrected chi connectivity index (χ0v) is 12.9. The molecule has 0 bridgehead atoms. The maximum Gasteiger partial charge on any atom is 0.416 e. The topological polar surface area (TPSA) is 37.3 Å². The van der Waals surface area contributed by atoms with Crippen LogP contribution in [0.1, 0.15) is 11.1 Å². The molecule has 2 rings (SSSR count). The second-order valence-electron chi connectivity index (χ2n) is 4.08. The largest absolute Gasteiger partial charge is 0.416 e. The summed E-state index contributed by atoms with van der Waals surface area (Å²) in [4.78, 5) is 3.88. The Bertz CT molecular complexity index is 700. The van der Waals surface area contributed by atoms with E-state index in [0.717, 1.165) is 12.1 Å². The van der Waals surface area contributed by atoms with E-state index in [1.54, 1.807) is 0 Å². The Balaban J connectivity index is 2.08. The summed E-state index contributed by atoms with van der Waals surface area (Å²) in [5.74, 6) is 0.180. The summed E-state index contributed by atoms with van der Waals surface area (Å²) < 4.78 is 37.2. The summed E-state index contributed by atoms with van der Waals surface area (Å²) in [6.07, 6.45) is -3.05. The smallest absolute Gasteiger partial charge is 0.260 e. The minimum absolute atomic E-state index is 0.0540. The maximum atomic E-state index is 12.4. The number of nitrogens with one attached hydrogen (secondary N) is 1. The summed E-state index contributed by atoms with van der Waals surface area (Å²) in [6, 6.07) is 5.90. The maximum absolute atomic E-state index is 12.4. The number of hydrogen-bond acceptors (Lipinski definition) is 3. The number of alkyl halides is 3. The fourth-order valence-corrected chi connectivity index (χ4v) is 1.99. The highest BCUT2D eigenvalue weighted by atomic mass is 35.5. The molecule has 1 heterocycles. The lowest BCUT2D eigenvalue weighted by atomic mass is 10.1. The van der Waals surface area contributed by atoms with Crippen molar-refractivity contribution in [3.05, 3.63) is 56.7 Å². The Hall–Kier alpha value is -1.50. The highest BCUT2D eigenvalue weighted by Gasteiger charge is 2.29.